The van der Waals surface area contributed by atoms with Crippen molar-refractivity contribution in [1.29, 1.82) is 0 Å². The molecule has 168 valence electrons. The molecule has 0 spiro atoms. The number of nitrogens with zero attached hydrogens (tertiary/aromatic N) is 4. The minimum atomic E-state index is 0.271. The molecule has 4 aromatic rings. The third-order valence-electron chi connectivity index (χ3n) is 6.13. The van der Waals surface area contributed by atoms with Gasteiger partial charge in [0.15, 0.2) is 0 Å². The smallest absolute Gasteiger partial charge is 0.205 e. The van der Waals surface area contributed by atoms with E-state index >= 15 is 0 Å². The van der Waals surface area contributed by atoms with Crippen molar-refractivity contribution < 1.29 is 4.74 Å². The van der Waals surface area contributed by atoms with Crippen LogP contribution < -0.4 is 9.64 Å². The van der Waals surface area contributed by atoms with Crippen LogP contribution in [0.5, 0.6) is 5.75 Å². The second-order valence-electron chi connectivity index (χ2n) is 8.27. The summed E-state index contributed by atoms with van der Waals surface area (Å²) >= 11 is 1.50. The van der Waals surface area contributed by atoms with E-state index in [9.17, 15) is 0 Å². The zero-order chi connectivity index (χ0) is 22.5. The van der Waals surface area contributed by atoms with Crippen molar-refractivity contribution in [3.63, 3.8) is 0 Å². The van der Waals surface area contributed by atoms with Gasteiger partial charge < -0.3 is 9.64 Å². The molecule has 5 rings (SSSR count). The van der Waals surface area contributed by atoms with Crippen LogP contribution >= 0.6 is 11.5 Å². The average molecular weight is 457 g/mol. The van der Waals surface area contributed by atoms with Crippen molar-refractivity contribution in [2.75, 3.05) is 38.2 Å². The second kappa shape index (κ2) is 10.1. The maximum absolute atomic E-state index is 5.34. The molecule has 6 heteroatoms. The molecule has 0 radical (unpaired) electrons. The van der Waals surface area contributed by atoms with Gasteiger partial charge in [0.1, 0.15) is 11.6 Å². The molecule has 0 atom stereocenters. The summed E-state index contributed by atoms with van der Waals surface area (Å²) in [6, 6.07) is 30.0. The van der Waals surface area contributed by atoms with Gasteiger partial charge in [0.2, 0.25) is 5.13 Å². The Morgan fingerprint density at radius 2 is 1.52 bits per heavy atom. The summed E-state index contributed by atoms with van der Waals surface area (Å²) in [7, 11) is 1.69. The lowest BCUT2D eigenvalue weighted by Gasteiger charge is -2.39. The number of piperazine rings is 1. The predicted molar refractivity (Wildman–Crippen MR) is 134 cm³/mol. The Bertz CT molecular complexity index is 1120. The van der Waals surface area contributed by atoms with Crippen LogP contribution in [0.1, 0.15) is 28.6 Å². The fraction of sp³-hybridized carbons (Fsp3) is 0.259. The van der Waals surface area contributed by atoms with Gasteiger partial charge in [-0.05, 0) is 28.8 Å². The molecule has 0 amide bonds. The van der Waals surface area contributed by atoms with Gasteiger partial charge in [-0.3, -0.25) is 4.90 Å². The summed E-state index contributed by atoms with van der Waals surface area (Å²) in [6.45, 7) is 3.87. The average Bonchev–Trinajstić information content (AvgIpc) is 3.34. The fourth-order valence-corrected chi connectivity index (χ4v) is 5.20. The first-order valence-corrected chi connectivity index (χ1v) is 12.1. The third-order valence-corrected chi connectivity index (χ3v) is 6.95. The van der Waals surface area contributed by atoms with Crippen molar-refractivity contribution in [1.82, 2.24) is 14.3 Å². The van der Waals surface area contributed by atoms with Crippen LogP contribution in [0.25, 0.3) is 0 Å². The largest absolute Gasteiger partial charge is 0.497 e. The summed E-state index contributed by atoms with van der Waals surface area (Å²) in [4.78, 5) is 9.80. The maximum Gasteiger partial charge on any atom is 0.205 e. The van der Waals surface area contributed by atoms with E-state index in [0.717, 1.165) is 54.9 Å². The number of anilines is 1. The Balaban J connectivity index is 1.27. The molecule has 3 aromatic carbocycles. The number of rotatable bonds is 7. The van der Waals surface area contributed by atoms with Gasteiger partial charge in [-0.1, -0.05) is 72.8 Å². The monoisotopic (exact) mass is 456 g/mol. The van der Waals surface area contributed by atoms with Crippen molar-refractivity contribution in [2.24, 2.45) is 0 Å². The molecule has 33 heavy (non-hydrogen) atoms. The minimum Gasteiger partial charge on any atom is -0.497 e. The highest BCUT2D eigenvalue weighted by atomic mass is 32.1. The lowest BCUT2D eigenvalue weighted by Crippen LogP contribution is -2.48. The zero-order valence-electron chi connectivity index (χ0n) is 18.8. The van der Waals surface area contributed by atoms with E-state index in [4.69, 9.17) is 9.72 Å². The second-order valence-corrected chi connectivity index (χ2v) is 9.00. The Kier molecular flexibility index (Phi) is 6.65. The molecule has 0 N–H and O–H groups in total. The predicted octanol–water partition coefficient (Wildman–Crippen LogP) is 5.05. The van der Waals surface area contributed by atoms with Crippen LogP contribution in [0.15, 0.2) is 84.9 Å². The third kappa shape index (κ3) is 5.07. The van der Waals surface area contributed by atoms with Crippen molar-refractivity contribution in [2.45, 2.75) is 12.5 Å². The molecule has 0 saturated carbocycles. The van der Waals surface area contributed by atoms with E-state index in [2.05, 4.69) is 80.9 Å². The van der Waals surface area contributed by atoms with Crippen LogP contribution in [0.4, 0.5) is 5.13 Å². The summed E-state index contributed by atoms with van der Waals surface area (Å²) in [5.41, 5.74) is 3.85. The van der Waals surface area contributed by atoms with Gasteiger partial charge in [0, 0.05) is 44.1 Å². The molecule has 0 bridgehead atoms. The van der Waals surface area contributed by atoms with Crippen LogP contribution in [-0.4, -0.2) is 47.5 Å². The normalized spacial score (nSPS) is 14.5. The molecule has 1 aliphatic rings. The summed E-state index contributed by atoms with van der Waals surface area (Å²) in [5.74, 6) is 1.74. The number of benzene rings is 3. The quantitative estimate of drug-likeness (QED) is 0.389. The van der Waals surface area contributed by atoms with Crippen LogP contribution in [-0.2, 0) is 6.42 Å². The van der Waals surface area contributed by atoms with Crippen molar-refractivity contribution in [3.8, 4) is 5.75 Å². The molecule has 5 nitrogen and oxygen atoms in total. The number of ether oxygens (including phenoxy) is 1. The Morgan fingerprint density at radius 1 is 0.848 bits per heavy atom. The van der Waals surface area contributed by atoms with E-state index in [1.54, 1.807) is 7.11 Å². The first kappa shape index (κ1) is 21.6. The minimum absolute atomic E-state index is 0.271. The van der Waals surface area contributed by atoms with E-state index < -0.39 is 0 Å². The lowest BCUT2D eigenvalue weighted by atomic mass is 9.96. The Hall–Kier alpha value is -3.22. The van der Waals surface area contributed by atoms with Gasteiger partial charge in [0.25, 0.3) is 0 Å². The Labute approximate surface area is 199 Å². The number of methoxy groups -OCH3 is 1. The van der Waals surface area contributed by atoms with Crippen LogP contribution in [0, 0.1) is 0 Å². The summed E-state index contributed by atoms with van der Waals surface area (Å²) in [5, 5.41) is 1.02. The van der Waals surface area contributed by atoms with Gasteiger partial charge in [0.05, 0.1) is 13.2 Å². The van der Waals surface area contributed by atoms with Crippen LogP contribution in [0.3, 0.4) is 0 Å². The molecule has 1 fully saturated rings. The molecule has 1 aliphatic heterocycles. The molecule has 0 aliphatic carbocycles. The first-order valence-electron chi connectivity index (χ1n) is 11.3. The molecular formula is C27H28N4OS. The van der Waals surface area contributed by atoms with Gasteiger partial charge in [-0.2, -0.15) is 4.37 Å². The molecule has 2 heterocycles. The van der Waals surface area contributed by atoms with Crippen molar-refractivity contribution in [3.05, 3.63) is 107 Å². The van der Waals surface area contributed by atoms with E-state index in [0.29, 0.717) is 0 Å². The maximum atomic E-state index is 5.34. The molecule has 0 unspecified atom stereocenters. The molecule has 1 saturated heterocycles. The van der Waals surface area contributed by atoms with E-state index in [-0.39, 0.29) is 6.04 Å². The van der Waals surface area contributed by atoms with E-state index in [1.165, 1.54) is 22.7 Å². The first-order chi connectivity index (χ1) is 16.3. The fourth-order valence-electron chi connectivity index (χ4n) is 4.47. The summed E-state index contributed by atoms with van der Waals surface area (Å²) < 4.78 is 9.96. The molecule has 1 aromatic heterocycles. The van der Waals surface area contributed by atoms with Gasteiger partial charge in [-0.15, -0.1) is 0 Å². The Morgan fingerprint density at radius 3 is 2.15 bits per heavy atom. The lowest BCUT2D eigenvalue weighted by molar-refractivity contribution is 0.212. The highest BCUT2D eigenvalue weighted by molar-refractivity contribution is 7.09. The zero-order valence-corrected chi connectivity index (χ0v) is 19.6. The highest BCUT2D eigenvalue weighted by Crippen LogP contribution is 2.30. The number of hydrogen-bond acceptors (Lipinski definition) is 6. The van der Waals surface area contributed by atoms with Gasteiger partial charge in [-0.25, -0.2) is 4.98 Å². The number of aromatic nitrogens is 2. The topological polar surface area (TPSA) is 41.5 Å². The number of hydrogen-bond donors (Lipinski definition) is 0. The van der Waals surface area contributed by atoms with Crippen LogP contribution in [0.2, 0.25) is 0 Å². The van der Waals surface area contributed by atoms with Gasteiger partial charge >= 0.3 is 0 Å². The standard InChI is InChI=1S/C27H28N4OS/c1-32-24-14-8-9-21(19-24)20-25-28-27(33-29-25)31-17-15-30(16-18-31)26(22-10-4-2-5-11-22)23-12-6-3-7-13-23/h2-14,19,26H,15-18,20H2,1H3. The summed E-state index contributed by atoms with van der Waals surface area (Å²) in [6.07, 6.45) is 0.720. The highest BCUT2D eigenvalue weighted by Gasteiger charge is 2.27. The van der Waals surface area contributed by atoms with E-state index in [1.807, 2.05) is 18.2 Å². The SMILES string of the molecule is COc1cccc(Cc2nsc(N3CCN(C(c4ccccc4)c4ccccc4)CC3)n2)c1. The molecular weight excluding hydrogens is 428 g/mol. The van der Waals surface area contributed by atoms with Crippen molar-refractivity contribution >= 4 is 16.7 Å².